The lowest BCUT2D eigenvalue weighted by atomic mass is 9.98. The molecular formula is C11H21IO. The van der Waals surface area contributed by atoms with Crippen molar-refractivity contribution in [3.63, 3.8) is 0 Å². The number of rotatable bonds is 6. The van der Waals surface area contributed by atoms with Crippen LogP contribution in [0.25, 0.3) is 0 Å². The minimum atomic E-state index is 0.387. The fraction of sp³-hybridized carbons (Fsp3) is 1.00. The average molecular weight is 296 g/mol. The molecule has 13 heavy (non-hydrogen) atoms. The Balaban J connectivity index is 2.15. The van der Waals surface area contributed by atoms with Crippen LogP contribution in [0, 0.1) is 11.3 Å². The van der Waals surface area contributed by atoms with E-state index in [1.165, 1.54) is 32.1 Å². The van der Waals surface area contributed by atoms with E-state index in [9.17, 15) is 0 Å². The maximum absolute atomic E-state index is 9.11. The van der Waals surface area contributed by atoms with Crippen molar-refractivity contribution in [3.05, 3.63) is 0 Å². The highest BCUT2D eigenvalue weighted by molar-refractivity contribution is 14.1. The highest BCUT2D eigenvalue weighted by atomic mass is 127. The van der Waals surface area contributed by atoms with Crippen molar-refractivity contribution in [3.8, 4) is 0 Å². The Morgan fingerprint density at radius 3 is 2.46 bits per heavy atom. The van der Waals surface area contributed by atoms with Crippen LogP contribution >= 0.6 is 22.6 Å². The first-order valence-corrected chi connectivity index (χ1v) is 6.66. The number of unbranched alkanes of at least 4 members (excludes halogenated alkanes) is 3. The summed E-state index contributed by atoms with van der Waals surface area (Å²) in [6.45, 7) is 4.96. The van der Waals surface area contributed by atoms with Gasteiger partial charge in [0.15, 0.2) is 0 Å². The second-order valence-corrected chi connectivity index (χ2v) is 5.85. The zero-order chi connectivity index (χ0) is 9.90. The lowest BCUT2D eigenvalue weighted by Crippen LogP contribution is -2.01. The van der Waals surface area contributed by atoms with E-state index in [0.717, 1.165) is 3.92 Å². The summed E-state index contributed by atoms with van der Waals surface area (Å²) in [6.07, 6.45) is 6.71. The fourth-order valence-corrected chi connectivity index (χ4v) is 3.77. The molecule has 1 aliphatic carbocycles. The van der Waals surface area contributed by atoms with E-state index in [-0.39, 0.29) is 0 Å². The molecule has 1 N–H and O–H groups in total. The van der Waals surface area contributed by atoms with Gasteiger partial charge in [-0.15, -0.1) is 0 Å². The van der Waals surface area contributed by atoms with Crippen LogP contribution in [-0.4, -0.2) is 15.6 Å². The van der Waals surface area contributed by atoms with Crippen molar-refractivity contribution in [2.24, 2.45) is 11.3 Å². The van der Waals surface area contributed by atoms with Crippen LogP contribution in [0.4, 0.5) is 0 Å². The van der Waals surface area contributed by atoms with Gasteiger partial charge in [-0.1, -0.05) is 62.1 Å². The zero-order valence-corrected chi connectivity index (χ0v) is 10.9. The second kappa shape index (κ2) is 4.96. The largest absolute Gasteiger partial charge is 0.396 e. The lowest BCUT2D eigenvalue weighted by molar-refractivity contribution is 0.248. The number of hydrogen-bond donors (Lipinski definition) is 1. The summed E-state index contributed by atoms with van der Waals surface area (Å²) >= 11 is 2.50. The molecule has 1 unspecified atom stereocenters. The lowest BCUT2D eigenvalue weighted by Gasteiger charge is -2.09. The smallest absolute Gasteiger partial charge is 0.0475 e. The summed E-state index contributed by atoms with van der Waals surface area (Å²) < 4.78 is 0.719. The number of aliphatic hydroxyl groups is 1. The van der Waals surface area contributed by atoms with Gasteiger partial charge in [-0.25, -0.2) is 0 Å². The van der Waals surface area contributed by atoms with Crippen molar-refractivity contribution in [2.75, 3.05) is 6.61 Å². The topological polar surface area (TPSA) is 20.2 Å². The Morgan fingerprint density at radius 1 is 1.31 bits per heavy atom. The molecule has 0 aliphatic heterocycles. The molecule has 0 saturated heterocycles. The van der Waals surface area contributed by atoms with Crippen LogP contribution in [0.5, 0.6) is 0 Å². The van der Waals surface area contributed by atoms with Gasteiger partial charge in [0, 0.05) is 16.4 Å². The summed E-state index contributed by atoms with van der Waals surface area (Å²) in [5.74, 6) is 0.578. The number of halogens is 1. The highest BCUT2D eigenvalue weighted by Gasteiger charge is 2.58. The normalized spacial score (nSPS) is 37.8. The van der Waals surface area contributed by atoms with E-state index in [1.54, 1.807) is 0 Å². The summed E-state index contributed by atoms with van der Waals surface area (Å²) in [5, 5.41) is 9.11. The Kier molecular flexibility index (Phi) is 4.49. The number of hydrogen-bond acceptors (Lipinski definition) is 1. The van der Waals surface area contributed by atoms with Crippen molar-refractivity contribution in [2.45, 2.75) is 49.9 Å². The van der Waals surface area contributed by atoms with E-state index in [4.69, 9.17) is 5.11 Å². The molecule has 0 heterocycles. The highest BCUT2D eigenvalue weighted by Crippen LogP contribution is 2.60. The molecule has 0 radical (unpaired) electrons. The molecule has 3 atom stereocenters. The maximum Gasteiger partial charge on any atom is 0.0475 e. The first-order chi connectivity index (χ1) is 6.16. The quantitative estimate of drug-likeness (QED) is 0.452. The van der Waals surface area contributed by atoms with Crippen molar-refractivity contribution in [1.82, 2.24) is 0 Å². The Morgan fingerprint density at radius 2 is 2.00 bits per heavy atom. The predicted octanol–water partition coefficient (Wildman–Crippen LogP) is 3.39. The molecule has 0 aromatic rings. The SMILES string of the molecule is CCCCCC[C@]1(C)C(I)[C@H]1CO. The van der Waals surface area contributed by atoms with Gasteiger partial charge in [0.1, 0.15) is 0 Å². The van der Waals surface area contributed by atoms with E-state index in [2.05, 4.69) is 36.4 Å². The Labute approximate surface area is 95.4 Å². The summed E-state index contributed by atoms with van der Waals surface area (Å²) in [6, 6.07) is 0. The van der Waals surface area contributed by atoms with Crippen molar-refractivity contribution >= 4 is 22.6 Å². The minimum Gasteiger partial charge on any atom is -0.396 e. The van der Waals surface area contributed by atoms with Crippen molar-refractivity contribution < 1.29 is 5.11 Å². The monoisotopic (exact) mass is 296 g/mol. The standard InChI is InChI=1S/C11H21IO/c1-3-4-5-6-7-11(2)9(8-13)10(11)12/h9-10,13H,3-8H2,1-2H3/t9-,10?,11+/m1/s1. The van der Waals surface area contributed by atoms with E-state index in [1.807, 2.05) is 0 Å². The summed E-state index contributed by atoms with van der Waals surface area (Å²) in [4.78, 5) is 0. The van der Waals surface area contributed by atoms with E-state index >= 15 is 0 Å². The first-order valence-electron chi connectivity index (χ1n) is 5.41. The van der Waals surface area contributed by atoms with Crippen LogP contribution in [0.3, 0.4) is 0 Å². The third kappa shape index (κ3) is 2.58. The summed E-state index contributed by atoms with van der Waals surface area (Å²) in [5.41, 5.74) is 0.461. The van der Waals surface area contributed by atoms with Gasteiger partial charge >= 0.3 is 0 Å². The van der Waals surface area contributed by atoms with Gasteiger partial charge in [-0.3, -0.25) is 0 Å². The number of alkyl halides is 1. The molecular weight excluding hydrogens is 275 g/mol. The fourth-order valence-electron chi connectivity index (χ4n) is 2.16. The van der Waals surface area contributed by atoms with Crippen LogP contribution in [0.1, 0.15) is 46.0 Å². The third-order valence-electron chi connectivity index (χ3n) is 3.49. The van der Waals surface area contributed by atoms with Gasteiger partial charge < -0.3 is 5.11 Å². The molecule has 0 amide bonds. The Hall–Kier alpha value is 0.690. The minimum absolute atomic E-state index is 0.387. The van der Waals surface area contributed by atoms with Gasteiger partial charge in [0.25, 0.3) is 0 Å². The van der Waals surface area contributed by atoms with Crippen LogP contribution in [0.2, 0.25) is 0 Å². The van der Waals surface area contributed by atoms with Crippen molar-refractivity contribution in [1.29, 1.82) is 0 Å². The summed E-state index contributed by atoms with van der Waals surface area (Å²) in [7, 11) is 0. The molecule has 0 bridgehead atoms. The molecule has 78 valence electrons. The van der Waals surface area contributed by atoms with Crippen LogP contribution < -0.4 is 0 Å². The van der Waals surface area contributed by atoms with Crippen LogP contribution in [-0.2, 0) is 0 Å². The van der Waals surface area contributed by atoms with Gasteiger partial charge in [-0.2, -0.15) is 0 Å². The van der Waals surface area contributed by atoms with Gasteiger partial charge in [0.2, 0.25) is 0 Å². The van der Waals surface area contributed by atoms with Crippen LogP contribution in [0.15, 0.2) is 0 Å². The zero-order valence-electron chi connectivity index (χ0n) is 8.72. The second-order valence-electron chi connectivity index (χ2n) is 4.51. The van der Waals surface area contributed by atoms with Gasteiger partial charge in [0.05, 0.1) is 0 Å². The maximum atomic E-state index is 9.11. The molecule has 1 saturated carbocycles. The molecule has 1 nitrogen and oxygen atoms in total. The molecule has 2 heteroatoms. The third-order valence-corrected chi connectivity index (χ3v) is 5.78. The Bertz CT molecular complexity index is 160. The molecule has 0 aromatic carbocycles. The molecule has 1 aliphatic rings. The molecule has 1 rings (SSSR count). The molecule has 0 spiro atoms. The first kappa shape index (κ1) is 11.8. The van der Waals surface area contributed by atoms with E-state index < -0.39 is 0 Å². The number of aliphatic hydroxyl groups excluding tert-OH is 1. The predicted molar refractivity (Wildman–Crippen MR) is 65.2 cm³/mol. The average Bonchev–Trinajstić information content (AvgIpc) is 2.64. The molecule has 1 fully saturated rings. The van der Waals surface area contributed by atoms with E-state index in [0.29, 0.717) is 17.9 Å². The van der Waals surface area contributed by atoms with Gasteiger partial charge in [-0.05, 0) is 11.8 Å². The molecule has 0 aromatic heterocycles.